The zero-order chi connectivity index (χ0) is 14.5. The van der Waals surface area contributed by atoms with Crippen molar-refractivity contribution in [3.8, 4) is 0 Å². The van der Waals surface area contributed by atoms with Crippen molar-refractivity contribution in [2.45, 2.75) is 13.5 Å². The molecule has 0 aliphatic rings. The second-order valence-electron chi connectivity index (χ2n) is 4.25. The Kier molecular flexibility index (Phi) is 4.14. The Morgan fingerprint density at radius 1 is 1.30 bits per heavy atom. The number of aromatic nitrogens is 2. The summed E-state index contributed by atoms with van der Waals surface area (Å²) < 4.78 is 4.63. The molecule has 20 heavy (non-hydrogen) atoms. The van der Waals surface area contributed by atoms with E-state index in [1.807, 2.05) is 25.1 Å². The number of rotatable bonds is 4. The lowest BCUT2D eigenvalue weighted by Crippen LogP contribution is -2.10. The molecule has 0 spiro atoms. The molecule has 2 aromatic heterocycles. The van der Waals surface area contributed by atoms with Crippen LogP contribution in [-0.4, -0.2) is 23.0 Å². The Bertz CT molecular complexity index is 628. The normalized spacial score (nSPS) is 10.1. The number of hydrogen-bond donors (Lipinski definition) is 2. The topological polar surface area (TPSA) is 90.1 Å². The van der Waals surface area contributed by atoms with Gasteiger partial charge in [0.2, 0.25) is 0 Å². The Balaban J connectivity index is 2.14. The van der Waals surface area contributed by atoms with Crippen LogP contribution in [0.4, 0.5) is 11.5 Å². The quantitative estimate of drug-likeness (QED) is 0.824. The van der Waals surface area contributed by atoms with Gasteiger partial charge in [-0.2, -0.15) is 0 Å². The summed E-state index contributed by atoms with van der Waals surface area (Å²) in [7, 11) is 1.31. The van der Waals surface area contributed by atoms with Gasteiger partial charge in [-0.15, -0.1) is 0 Å². The molecule has 0 saturated carbocycles. The van der Waals surface area contributed by atoms with Crippen LogP contribution in [-0.2, 0) is 11.3 Å². The van der Waals surface area contributed by atoms with E-state index in [-0.39, 0.29) is 5.69 Å². The predicted octanol–water partition coefficient (Wildman–Crippen LogP) is 1.77. The number of aryl methyl sites for hydroxylation is 1. The number of carbonyl (C=O) groups excluding carboxylic acids is 1. The molecule has 0 aromatic carbocycles. The highest BCUT2D eigenvalue weighted by Crippen LogP contribution is 2.17. The first-order valence-corrected chi connectivity index (χ1v) is 6.11. The van der Waals surface area contributed by atoms with Crippen LogP contribution in [0.25, 0.3) is 0 Å². The maximum absolute atomic E-state index is 11.4. The van der Waals surface area contributed by atoms with Crippen LogP contribution in [0.1, 0.15) is 21.9 Å². The van der Waals surface area contributed by atoms with E-state index in [0.29, 0.717) is 18.1 Å². The average molecular weight is 272 g/mol. The van der Waals surface area contributed by atoms with Crippen LogP contribution in [0, 0.1) is 6.92 Å². The molecule has 2 heterocycles. The van der Waals surface area contributed by atoms with E-state index in [1.54, 1.807) is 6.07 Å². The zero-order valence-corrected chi connectivity index (χ0v) is 11.4. The van der Waals surface area contributed by atoms with Crippen molar-refractivity contribution in [2.24, 2.45) is 0 Å². The van der Waals surface area contributed by atoms with E-state index in [4.69, 9.17) is 5.73 Å². The molecule has 3 N–H and O–H groups in total. The third kappa shape index (κ3) is 3.23. The van der Waals surface area contributed by atoms with Gasteiger partial charge in [0, 0.05) is 5.69 Å². The van der Waals surface area contributed by atoms with Crippen molar-refractivity contribution in [1.82, 2.24) is 9.97 Å². The third-order valence-electron chi connectivity index (χ3n) is 2.70. The number of pyridine rings is 2. The van der Waals surface area contributed by atoms with Gasteiger partial charge in [-0.25, -0.2) is 9.78 Å². The van der Waals surface area contributed by atoms with Crippen molar-refractivity contribution in [2.75, 3.05) is 18.2 Å². The minimum absolute atomic E-state index is 0.210. The van der Waals surface area contributed by atoms with Crippen LogP contribution in [0.2, 0.25) is 0 Å². The maximum atomic E-state index is 11.4. The number of methoxy groups -OCH3 is 1. The first-order valence-electron chi connectivity index (χ1n) is 6.11. The molecule has 0 amide bonds. The molecule has 0 aliphatic carbocycles. The predicted molar refractivity (Wildman–Crippen MR) is 76.3 cm³/mol. The van der Waals surface area contributed by atoms with Crippen molar-refractivity contribution < 1.29 is 9.53 Å². The van der Waals surface area contributed by atoms with E-state index in [1.165, 1.54) is 13.2 Å². The van der Waals surface area contributed by atoms with Gasteiger partial charge in [0.25, 0.3) is 0 Å². The Labute approximate surface area is 117 Å². The summed E-state index contributed by atoms with van der Waals surface area (Å²) in [5.74, 6) is -0.0575. The highest BCUT2D eigenvalue weighted by molar-refractivity contribution is 5.88. The smallest absolute Gasteiger partial charge is 0.356 e. The number of hydrogen-bond acceptors (Lipinski definition) is 6. The summed E-state index contributed by atoms with van der Waals surface area (Å²) >= 11 is 0. The van der Waals surface area contributed by atoms with Crippen LogP contribution in [0.5, 0.6) is 0 Å². The standard InChI is InChI=1S/C14H16N4O2/c1-9-4-3-5-10(17-9)8-16-13-11(15)6-7-12(18-13)14(19)20-2/h3-7H,8,15H2,1-2H3,(H,16,18). The second kappa shape index (κ2) is 6.01. The largest absolute Gasteiger partial charge is 0.464 e. The molecule has 0 bridgehead atoms. The summed E-state index contributed by atoms with van der Waals surface area (Å²) in [6.07, 6.45) is 0. The van der Waals surface area contributed by atoms with E-state index in [0.717, 1.165) is 11.4 Å². The molecular weight excluding hydrogens is 256 g/mol. The lowest BCUT2D eigenvalue weighted by Gasteiger charge is -2.09. The van der Waals surface area contributed by atoms with E-state index in [9.17, 15) is 4.79 Å². The molecule has 2 rings (SSSR count). The van der Waals surface area contributed by atoms with Crippen molar-refractivity contribution >= 4 is 17.5 Å². The third-order valence-corrected chi connectivity index (χ3v) is 2.70. The second-order valence-corrected chi connectivity index (χ2v) is 4.25. The Morgan fingerprint density at radius 3 is 2.80 bits per heavy atom. The number of ether oxygens (including phenoxy) is 1. The summed E-state index contributed by atoms with van der Waals surface area (Å²) in [4.78, 5) is 19.9. The summed E-state index contributed by atoms with van der Waals surface area (Å²) in [6, 6.07) is 8.90. The van der Waals surface area contributed by atoms with Crippen LogP contribution in [0.3, 0.4) is 0 Å². The minimum atomic E-state index is -0.498. The number of nitrogens with zero attached hydrogens (tertiary/aromatic N) is 2. The molecule has 0 unspecified atom stereocenters. The molecule has 6 nitrogen and oxygen atoms in total. The van der Waals surface area contributed by atoms with Gasteiger partial charge in [0.1, 0.15) is 0 Å². The molecule has 6 heteroatoms. The summed E-state index contributed by atoms with van der Waals surface area (Å²) in [5, 5.41) is 3.07. The molecule has 0 aliphatic heterocycles. The maximum Gasteiger partial charge on any atom is 0.356 e. The van der Waals surface area contributed by atoms with E-state index >= 15 is 0 Å². The number of nitrogens with one attached hydrogen (secondary N) is 1. The van der Waals surface area contributed by atoms with Crippen LogP contribution < -0.4 is 11.1 Å². The number of nitrogens with two attached hydrogens (primary N) is 1. The Morgan fingerprint density at radius 2 is 2.10 bits per heavy atom. The average Bonchev–Trinajstić information content (AvgIpc) is 2.45. The molecular formula is C14H16N4O2. The van der Waals surface area contributed by atoms with Gasteiger partial charge in [0.15, 0.2) is 11.5 Å². The molecule has 0 atom stereocenters. The van der Waals surface area contributed by atoms with Gasteiger partial charge >= 0.3 is 5.97 Å². The number of carbonyl (C=O) groups is 1. The highest BCUT2D eigenvalue weighted by atomic mass is 16.5. The first kappa shape index (κ1) is 13.8. The summed E-state index contributed by atoms with van der Waals surface area (Å²) in [6.45, 7) is 2.40. The van der Waals surface area contributed by atoms with Gasteiger partial charge in [-0.1, -0.05) is 6.07 Å². The van der Waals surface area contributed by atoms with Gasteiger partial charge < -0.3 is 15.8 Å². The number of nitrogen functional groups attached to an aromatic ring is 1. The van der Waals surface area contributed by atoms with Gasteiger partial charge in [0.05, 0.1) is 25.0 Å². The lowest BCUT2D eigenvalue weighted by atomic mass is 10.3. The minimum Gasteiger partial charge on any atom is -0.464 e. The van der Waals surface area contributed by atoms with Crippen molar-refractivity contribution in [3.63, 3.8) is 0 Å². The van der Waals surface area contributed by atoms with E-state index in [2.05, 4.69) is 20.0 Å². The SMILES string of the molecule is COC(=O)c1ccc(N)c(NCc2cccc(C)n2)n1. The fraction of sp³-hybridized carbons (Fsp3) is 0.214. The monoisotopic (exact) mass is 272 g/mol. The molecule has 0 saturated heterocycles. The summed E-state index contributed by atoms with van der Waals surface area (Å²) in [5.41, 5.74) is 8.31. The van der Waals surface area contributed by atoms with Crippen molar-refractivity contribution in [1.29, 1.82) is 0 Å². The van der Waals surface area contributed by atoms with Crippen LogP contribution in [0.15, 0.2) is 30.3 Å². The fourth-order valence-corrected chi connectivity index (χ4v) is 1.70. The molecule has 0 radical (unpaired) electrons. The molecule has 0 fully saturated rings. The fourth-order valence-electron chi connectivity index (χ4n) is 1.70. The number of esters is 1. The highest BCUT2D eigenvalue weighted by Gasteiger charge is 2.10. The van der Waals surface area contributed by atoms with E-state index < -0.39 is 5.97 Å². The number of anilines is 2. The molecule has 104 valence electrons. The van der Waals surface area contributed by atoms with Crippen molar-refractivity contribution in [3.05, 3.63) is 47.4 Å². The van der Waals surface area contributed by atoms with Gasteiger partial charge in [-0.05, 0) is 31.2 Å². The zero-order valence-electron chi connectivity index (χ0n) is 11.4. The lowest BCUT2D eigenvalue weighted by molar-refractivity contribution is 0.0594. The van der Waals surface area contributed by atoms with Crippen LogP contribution >= 0.6 is 0 Å². The first-order chi connectivity index (χ1) is 9.60. The molecule has 2 aromatic rings. The Hall–Kier alpha value is -2.63. The van der Waals surface area contributed by atoms with Gasteiger partial charge in [-0.3, -0.25) is 4.98 Å².